The molecule has 82 valence electrons. The number of carbonyl (C=O) groups is 1. The van der Waals surface area contributed by atoms with Gasteiger partial charge in [0.05, 0.1) is 20.8 Å². The van der Waals surface area contributed by atoms with Crippen LogP contribution in [0.2, 0.25) is 0 Å². The minimum atomic E-state index is -0.421. The number of carbonyl (C=O) groups excluding carboxylic acids is 1. The van der Waals surface area contributed by atoms with Crippen molar-refractivity contribution in [2.45, 2.75) is 6.92 Å². The van der Waals surface area contributed by atoms with Crippen LogP contribution < -0.4 is 9.47 Å². The quantitative estimate of drug-likeness (QED) is 0.712. The SMILES string of the molecule is CCOc1ccc(C(=O)OC)c(OC)c1. The van der Waals surface area contributed by atoms with Gasteiger partial charge in [-0.05, 0) is 19.1 Å². The zero-order valence-corrected chi connectivity index (χ0v) is 9.07. The zero-order chi connectivity index (χ0) is 11.3. The van der Waals surface area contributed by atoms with Gasteiger partial charge in [0.25, 0.3) is 0 Å². The number of esters is 1. The zero-order valence-electron chi connectivity index (χ0n) is 9.07. The molecule has 0 aliphatic heterocycles. The van der Waals surface area contributed by atoms with Gasteiger partial charge in [-0.15, -0.1) is 0 Å². The van der Waals surface area contributed by atoms with Gasteiger partial charge in [0.1, 0.15) is 17.1 Å². The lowest BCUT2D eigenvalue weighted by atomic mass is 10.2. The first-order valence-electron chi connectivity index (χ1n) is 4.62. The van der Waals surface area contributed by atoms with E-state index >= 15 is 0 Å². The summed E-state index contributed by atoms with van der Waals surface area (Å²) in [6, 6.07) is 4.99. The third-order valence-corrected chi connectivity index (χ3v) is 1.89. The molecule has 0 aromatic heterocycles. The molecule has 0 saturated heterocycles. The maximum absolute atomic E-state index is 11.3. The van der Waals surface area contributed by atoms with Crippen molar-refractivity contribution in [2.24, 2.45) is 0 Å². The molecule has 0 radical (unpaired) electrons. The van der Waals surface area contributed by atoms with Crippen LogP contribution in [0.15, 0.2) is 18.2 Å². The molecule has 4 nitrogen and oxygen atoms in total. The summed E-state index contributed by atoms with van der Waals surface area (Å²) >= 11 is 0. The predicted octanol–water partition coefficient (Wildman–Crippen LogP) is 1.88. The summed E-state index contributed by atoms with van der Waals surface area (Å²) in [5.41, 5.74) is 0.392. The van der Waals surface area contributed by atoms with Crippen LogP contribution in [0.4, 0.5) is 0 Å². The fourth-order valence-electron chi connectivity index (χ4n) is 1.21. The van der Waals surface area contributed by atoms with Crippen LogP contribution in [0.25, 0.3) is 0 Å². The lowest BCUT2D eigenvalue weighted by Crippen LogP contribution is -2.04. The molecule has 0 amide bonds. The van der Waals surface area contributed by atoms with Crippen molar-refractivity contribution < 1.29 is 19.0 Å². The molecule has 1 aromatic carbocycles. The summed E-state index contributed by atoms with van der Waals surface area (Å²) in [7, 11) is 2.83. The Kier molecular flexibility index (Phi) is 3.97. The Bertz CT molecular complexity index is 346. The van der Waals surface area contributed by atoms with Crippen LogP contribution in [0.3, 0.4) is 0 Å². The van der Waals surface area contributed by atoms with Gasteiger partial charge in [-0.3, -0.25) is 0 Å². The van der Waals surface area contributed by atoms with Crippen LogP contribution in [0.1, 0.15) is 17.3 Å². The minimum absolute atomic E-state index is 0.392. The Morgan fingerprint density at radius 2 is 2.07 bits per heavy atom. The van der Waals surface area contributed by atoms with E-state index in [1.807, 2.05) is 6.92 Å². The van der Waals surface area contributed by atoms with E-state index in [1.54, 1.807) is 18.2 Å². The average molecular weight is 210 g/mol. The highest BCUT2D eigenvalue weighted by Gasteiger charge is 2.13. The van der Waals surface area contributed by atoms with Crippen molar-refractivity contribution in [3.63, 3.8) is 0 Å². The normalized spacial score (nSPS) is 9.53. The molecule has 0 heterocycles. The van der Waals surface area contributed by atoms with Gasteiger partial charge in [0, 0.05) is 6.07 Å². The first-order valence-corrected chi connectivity index (χ1v) is 4.62. The Morgan fingerprint density at radius 1 is 1.33 bits per heavy atom. The smallest absolute Gasteiger partial charge is 0.341 e. The lowest BCUT2D eigenvalue weighted by Gasteiger charge is -2.09. The molecule has 0 spiro atoms. The molecule has 0 saturated carbocycles. The van der Waals surface area contributed by atoms with Crippen LogP contribution in [-0.4, -0.2) is 26.8 Å². The highest BCUT2D eigenvalue weighted by Crippen LogP contribution is 2.25. The molecule has 4 heteroatoms. The van der Waals surface area contributed by atoms with Gasteiger partial charge < -0.3 is 14.2 Å². The number of hydrogen-bond acceptors (Lipinski definition) is 4. The first kappa shape index (κ1) is 11.4. The summed E-state index contributed by atoms with van der Waals surface area (Å²) in [4.78, 5) is 11.3. The van der Waals surface area contributed by atoms with Crippen molar-refractivity contribution in [1.82, 2.24) is 0 Å². The maximum Gasteiger partial charge on any atom is 0.341 e. The monoisotopic (exact) mass is 210 g/mol. The van der Waals surface area contributed by atoms with Crippen molar-refractivity contribution in [1.29, 1.82) is 0 Å². The van der Waals surface area contributed by atoms with E-state index in [0.717, 1.165) is 0 Å². The van der Waals surface area contributed by atoms with E-state index in [9.17, 15) is 4.79 Å². The molecular weight excluding hydrogens is 196 g/mol. The first-order chi connectivity index (χ1) is 7.22. The number of methoxy groups -OCH3 is 2. The van der Waals surface area contributed by atoms with E-state index in [1.165, 1.54) is 14.2 Å². The Balaban J connectivity index is 3.03. The fraction of sp³-hybridized carbons (Fsp3) is 0.364. The lowest BCUT2D eigenvalue weighted by molar-refractivity contribution is 0.0597. The van der Waals surface area contributed by atoms with Crippen LogP contribution in [0, 0.1) is 0 Å². The van der Waals surface area contributed by atoms with Crippen LogP contribution in [0.5, 0.6) is 11.5 Å². The second kappa shape index (κ2) is 5.24. The highest BCUT2D eigenvalue weighted by atomic mass is 16.5. The maximum atomic E-state index is 11.3. The van der Waals surface area contributed by atoms with Gasteiger partial charge in [0.15, 0.2) is 0 Å². The molecule has 0 unspecified atom stereocenters. The van der Waals surface area contributed by atoms with Crippen molar-refractivity contribution in [2.75, 3.05) is 20.8 Å². The van der Waals surface area contributed by atoms with Crippen molar-refractivity contribution in [3.8, 4) is 11.5 Å². The number of ether oxygens (including phenoxy) is 3. The van der Waals surface area contributed by atoms with E-state index < -0.39 is 5.97 Å². The second-order valence-electron chi connectivity index (χ2n) is 2.79. The van der Waals surface area contributed by atoms with Gasteiger partial charge in [-0.2, -0.15) is 0 Å². The Morgan fingerprint density at radius 3 is 2.60 bits per heavy atom. The number of rotatable bonds is 4. The second-order valence-corrected chi connectivity index (χ2v) is 2.79. The third-order valence-electron chi connectivity index (χ3n) is 1.89. The van der Waals surface area contributed by atoms with Gasteiger partial charge in [-0.1, -0.05) is 0 Å². The fourth-order valence-corrected chi connectivity index (χ4v) is 1.21. The predicted molar refractivity (Wildman–Crippen MR) is 55.5 cm³/mol. The molecular formula is C11H14O4. The van der Waals surface area contributed by atoms with Gasteiger partial charge >= 0.3 is 5.97 Å². The average Bonchev–Trinajstić information content (AvgIpc) is 2.28. The molecule has 0 bridgehead atoms. The van der Waals surface area contributed by atoms with E-state index in [4.69, 9.17) is 9.47 Å². The summed E-state index contributed by atoms with van der Waals surface area (Å²) in [5.74, 6) is 0.699. The molecule has 15 heavy (non-hydrogen) atoms. The van der Waals surface area contributed by atoms with E-state index in [-0.39, 0.29) is 0 Å². The summed E-state index contributed by atoms with van der Waals surface area (Å²) in [6.45, 7) is 2.46. The standard InChI is InChI=1S/C11H14O4/c1-4-15-8-5-6-9(11(12)14-3)10(7-8)13-2/h5-7H,4H2,1-3H3. The van der Waals surface area contributed by atoms with E-state index in [2.05, 4.69) is 4.74 Å². The minimum Gasteiger partial charge on any atom is -0.496 e. The largest absolute Gasteiger partial charge is 0.496 e. The summed E-state index contributed by atoms with van der Waals surface area (Å²) < 4.78 is 15.0. The van der Waals surface area contributed by atoms with Gasteiger partial charge in [0.2, 0.25) is 0 Å². The summed E-state index contributed by atoms with van der Waals surface area (Å²) in [5, 5.41) is 0. The molecule has 0 N–H and O–H groups in total. The highest BCUT2D eigenvalue weighted by molar-refractivity contribution is 5.92. The van der Waals surface area contributed by atoms with Crippen molar-refractivity contribution in [3.05, 3.63) is 23.8 Å². The summed E-state index contributed by atoms with van der Waals surface area (Å²) in [6.07, 6.45) is 0. The number of benzene rings is 1. The van der Waals surface area contributed by atoms with Gasteiger partial charge in [-0.25, -0.2) is 4.79 Å². The third kappa shape index (κ3) is 2.62. The van der Waals surface area contributed by atoms with Crippen LogP contribution in [-0.2, 0) is 4.74 Å². The molecule has 1 rings (SSSR count). The molecule has 1 aromatic rings. The Hall–Kier alpha value is -1.71. The Labute approximate surface area is 88.8 Å². The molecule has 0 atom stereocenters. The van der Waals surface area contributed by atoms with E-state index in [0.29, 0.717) is 23.7 Å². The molecule has 0 fully saturated rings. The van der Waals surface area contributed by atoms with Crippen molar-refractivity contribution >= 4 is 5.97 Å². The topological polar surface area (TPSA) is 44.8 Å². The van der Waals surface area contributed by atoms with Crippen LogP contribution >= 0.6 is 0 Å². The molecule has 0 aliphatic rings. The molecule has 0 aliphatic carbocycles. The number of hydrogen-bond donors (Lipinski definition) is 0.